The molecule has 3 rings (SSSR count). The summed E-state index contributed by atoms with van der Waals surface area (Å²) >= 11 is 0. The maximum absolute atomic E-state index is 11.6. The smallest absolute Gasteiger partial charge is 0.161 e. The lowest BCUT2D eigenvalue weighted by Gasteiger charge is -2.31. The van der Waals surface area contributed by atoms with E-state index in [1.807, 2.05) is 13.0 Å². The molecule has 0 atom stereocenters. The minimum Gasteiger partial charge on any atom is -0.507 e. The van der Waals surface area contributed by atoms with Crippen molar-refractivity contribution in [3.63, 3.8) is 0 Å². The third-order valence-corrected chi connectivity index (χ3v) is 4.46. The van der Waals surface area contributed by atoms with Crippen molar-refractivity contribution >= 4 is 11.6 Å². The molecule has 6 heteroatoms. The molecule has 0 radical (unpaired) electrons. The van der Waals surface area contributed by atoms with Gasteiger partial charge in [-0.25, -0.2) is 0 Å². The molecule has 2 aromatic rings. The number of nitrogen functional groups attached to an aromatic ring is 1. The summed E-state index contributed by atoms with van der Waals surface area (Å²) in [4.78, 5) is 11.6. The number of nitrogens with zero attached hydrogens (tertiary/aromatic N) is 2. The number of carbonyl (C=O) groups excluding carboxylic acids is 1. The van der Waals surface area contributed by atoms with Crippen molar-refractivity contribution in [2.45, 2.75) is 38.2 Å². The number of benzene rings is 1. The van der Waals surface area contributed by atoms with Crippen LogP contribution < -0.4 is 5.73 Å². The second-order valence-electron chi connectivity index (χ2n) is 6.26. The summed E-state index contributed by atoms with van der Waals surface area (Å²) in [7, 11) is 0. The van der Waals surface area contributed by atoms with Gasteiger partial charge in [0.25, 0.3) is 0 Å². The molecule has 26 heavy (non-hydrogen) atoms. The summed E-state index contributed by atoms with van der Waals surface area (Å²) < 4.78 is 5.87. The number of phenols is 1. The fraction of sp³-hybridized carbons (Fsp3) is 0.350. The number of para-hydroxylation sites is 1. The van der Waals surface area contributed by atoms with E-state index in [4.69, 9.17) is 10.5 Å². The number of ether oxygens (including phenoxy) is 1. The van der Waals surface area contributed by atoms with Crippen LogP contribution in [0.1, 0.15) is 38.2 Å². The maximum Gasteiger partial charge on any atom is 0.161 e. The van der Waals surface area contributed by atoms with Crippen LogP contribution in [0.5, 0.6) is 5.75 Å². The first-order valence-electron chi connectivity index (χ1n) is 8.63. The molecule has 1 heterocycles. The Kier molecular flexibility index (Phi) is 5.19. The van der Waals surface area contributed by atoms with E-state index in [0.29, 0.717) is 49.1 Å². The molecule has 134 valence electrons. The van der Waals surface area contributed by atoms with Gasteiger partial charge in [-0.2, -0.15) is 0 Å². The molecule has 1 saturated carbocycles. The van der Waals surface area contributed by atoms with Crippen LogP contribution in [0.4, 0.5) is 5.82 Å². The van der Waals surface area contributed by atoms with Crippen LogP contribution in [0.25, 0.3) is 11.3 Å². The molecule has 1 fully saturated rings. The highest BCUT2D eigenvalue weighted by molar-refractivity contribution is 5.79. The molecule has 0 unspecified atom stereocenters. The molecule has 6 nitrogen and oxygen atoms in total. The van der Waals surface area contributed by atoms with E-state index in [-0.39, 0.29) is 17.4 Å². The van der Waals surface area contributed by atoms with Crippen LogP contribution in [0, 0.1) is 11.8 Å². The van der Waals surface area contributed by atoms with Gasteiger partial charge in [0.15, 0.2) is 5.82 Å². The van der Waals surface area contributed by atoms with Gasteiger partial charge in [0.1, 0.15) is 17.1 Å². The lowest BCUT2D eigenvalue weighted by molar-refractivity contribution is -0.125. The third-order valence-electron chi connectivity index (χ3n) is 4.46. The first-order chi connectivity index (χ1) is 12.5. The quantitative estimate of drug-likeness (QED) is 0.825. The van der Waals surface area contributed by atoms with E-state index in [0.717, 1.165) is 0 Å². The third kappa shape index (κ3) is 3.84. The summed E-state index contributed by atoms with van der Waals surface area (Å²) in [6.07, 6.45) is 2.11. The number of ketones is 1. The van der Waals surface area contributed by atoms with Gasteiger partial charge in [-0.15, -0.1) is 10.2 Å². The number of phenolic OH excluding ortho intramolecular Hbond substituents is 1. The Morgan fingerprint density at radius 2 is 2.00 bits per heavy atom. The van der Waals surface area contributed by atoms with Crippen LogP contribution in [0.2, 0.25) is 0 Å². The summed E-state index contributed by atoms with van der Waals surface area (Å²) in [6.45, 7) is 2.44. The minimum atomic E-state index is -0.632. The Morgan fingerprint density at radius 1 is 1.27 bits per heavy atom. The number of hydrogen-bond donors (Lipinski definition) is 2. The topological polar surface area (TPSA) is 98.3 Å². The van der Waals surface area contributed by atoms with Gasteiger partial charge in [-0.3, -0.25) is 4.79 Å². The average Bonchev–Trinajstić information content (AvgIpc) is 2.64. The lowest BCUT2D eigenvalue weighted by Crippen LogP contribution is -2.36. The van der Waals surface area contributed by atoms with Crippen molar-refractivity contribution in [3.8, 4) is 28.8 Å². The van der Waals surface area contributed by atoms with Crippen LogP contribution >= 0.6 is 0 Å². The molecule has 1 aliphatic carbocycles. The maximum atomic E-state index is 11.6. The van der Waals surface area contributed by atoms with Crippen molar-refractivity contribution in [1.29, 1.82) is 0 Å². The predicted octanol–water partition coefficient (Wildman–Crippen LogP) is 2.70. The summed E-state index contributed by atoms with van der Waals surface area (Å²) in [6, 6.07) is 8.59. The standard InChI is InChI=1S/C20H21N3O3/c1-2-26-20(11-8-15(24)9-12-20)10-7-14-13-17(22-23-19(14)21)16-5-3-4-6-18(16)25/h3-6,13,25H,2,8-9,11-12H2,1H3,(H2,21,23). The summed E-state index contributed by atoms with van der Waals surface area (Å²) in [5, 5.41) is 18.0. The van der Waals surface area contributed by atoms with Gasteiger partial charge < -0.3 is 15.6 Å². The van der Waals surface area contributed by atoms with Gasteiger partial charge >= 0.3 is 0 Å². The Morgan fingerprint density at radius 3 is 2.69 bits per heavy atom. The molecule has 0 saturated heterocycles. The summed E-state index contributed by atoms with van der Waals surface area (Å²) in [5.74, 6) is 6.80. The first-order valence-corrected chi connectivity index (χ1v) is 8.63. The van der Waals surface area contributed by atoms with Gasteiger partial charge in [-0.1, -0.05) is 24.0 Å². The van der Waals surface area contributed by atoms with Crippen LogP contribution in [-0.4, -0.2) is 33.3 Å². The molecular weight excluding hydrogens is 330 g/mol. The Balaban J connectivity index is 1.95. The van der Waals surface area contributed by atoms with Crippen LogP contribution in [0.15, 0.2) is 30.3 Å². The second kappa shape index (κ2) is 7.54. The van der Waals surface area contributed by atoms with Gasteiger partial charge in [0, 0.05) is 25.0 Å². The first kappa shape index (κ1) is 17.9. The highest BCUT2D eigenvalue weighted by atomic mass is 16.5. The Bertz CT molecular complexity index is 873. The van der Waals surface area contributed by atoms with E-state index in [9.17, 15) is 9.90 Å². The number of rotatable bonds is 3. The highest BCUT2D eigenvalue weighted by Gasteiger charge is 2.33. The molecule has 1 aliphatic rings. The zero-order chi connectivity index (χ0) is 18.6. The molecule has 0 bridgehead atoms. The van der Waals surface area contributed by atoms with Crippen molar-refractivity contribution in [3.05, 3.63) is 35.9 Å². The number of anilines is 1. The molecule has 0 aliphatic heterocycles. The number of aromatic nitrogens is 2. The van der Waals surface area contributed by atoms with E-state index < -0.39 is 5.60 Å². The predicted molar refractivity (Wildman–Crippen MR) is 98.3 cm³/mol. The van der Waals surface area contributed by atoms with Crippen molar-refractivity contribution in [2.75, 3.05) is 12.3 Å². The average molecular weight is 351 g/mol. The Labute approximate surface area is 152 Å². The number of aromatic hydroxyl groups is 1. The van der Waals surface area contributed by atoms with Gasteiger partial charge in [-0.05, 0) is 38.0 Å². The molecule has 1 aromatic carbocycles. The molecule has 3 N–H and O–H groups in total. The fourth-order valence-electron chi connectivity index (χ4n) is 3.02. The van der Waals surface area contributed by atoms with Crippen LogP contribution in [-0.2, 0) is 9.53 Å². The number of nitrogens with two attached hydrogens (primary N) is 1. The fourth-order valence-corrected chi connectivity index (χ4v) is 3.02. The largest absolute Gasteiger partial charge is 0.507 e. The molecule has 0 spiro atoms. The van der Waals surface area contributed by atoms with Crippen LogP contribution in [0.3, 0.4) is 0 Å². The zero-order valence-electron chi connectivity index (χ0n) is 14.7. The van der Waals surface area contributed by atoms with Gasteiger partial charge in [0.2, 0.25) is 0 Å². The number of Topliss-reactive ketones (excluding diaryl/α,β-unsaturated/α-hetero) is 1. The summed E-state index contributed by atoms with van der Waals surface area (Å²) in [5.41, 5.74) is 6.87. The SMILES string of the molecule is CCOC1(C#Cc2cc(-c3ccccc3O)nnc2N)CCC(=O)CC1. The number of carbonyl (C=O) groups is 1. The normalized spacial score (nSPS) is 16.0. The highest BCUT2D eigenvalue weighted by Crippen LogP contribution is 2.30. The monoisotopic (exact) mass is 351 g/mol. The van der Waals surface area contributed by atoms with E-state index in [1.54, 1.807) is 24.3 Å². The second-order valence-corrected chi connectivity index (χ2v) is 6.26. The van der Waals surface area contributed by atoms with E-state index in [2.05, 4.69) is 22.0 Å². The van der Waals surface area contributed by atoms with Gasteiger partial charge in [0.05, 0.1) is 11.3 Å². The number of hydrogen-bond acceptors (Lipinski definition) is 6. The zero-order valence-corrected chi connectivity index (χ0v) is 14.7. The Hall–Kier alpha value is -2.91. The van der Waals surface area contributed by atoms with E-state index in [1.165, 1.54) is 0 Å². The van der Waals surface area contributed by atoms with E-state index >= 15 is 0 Å². The molecule has 1 aromatic heterocycles. The molecular formula is C20H21N3O3. The van der Waals surface area contributed by atoms with Crippen molar-refractivity contribution in [1.82, 2.24) is 10.2 Å². The molecule has 0 amide bonds. The van der Waals surface area contributed by atoms with Crippen molar-refractivity contribution < 1.29 is 14.6 Å². The lowest BCUT2D eigenvalue weighted by atomic mass is 9.84. The minimum absolute atomic E-state index is 0.113. The van der Waals surface area contributed by atoms with Crippen molar-refractivity contribution in [2.24, 2.45) is 0 Å².